The Morgan fingerprint density at radius 2 is 1.76 bits per heavy atom. The standard InChI is InChI=1S/C17H19NO6S/c1-11(2)25(22,23)14-6-3-12(4-7-14)9-16(19)18-10-13-5-8-15(24-13)17(20)21/h3-8,11H,9-10H2,1-2H3,(H,18,19)(H,20,21). The van der Waals surface area contributed by atoms with Gasteiger partial charge in [0.2, 0.25) is 11.7 Å². The van der Waals surface area contributed by atoms with E-state index in [4.69, 9.17) is 9.52 Å². The predicted molar refractivity (Wildman–Crippen MR) is 90.0 cm³/mol. The normalized spacial score (nSPS) is 11.5. The lowest BCUT2D eigenvalue weighted by Crippen LogP contribution is -2.24. The van der Waals surface area contributed by atoms with Crippen LogP contribution >= 0.6 is 0 Å². The summed E-state index contributed by atoms with van der Waals surface area (Å²) in [4.78, 5) is 22.9. The molecule has 0 aliphatic carbocycles. The number of carbonyl (C=O) groups excluding carboxylic acids is 1. The van der Waals surface area contributed by atoms with Gasteiger partial charge in [-0.25, -0.2) is 13.2 Å². The summed E-state index contributed by atoms with van der Waals surface area (Å²) in [5.41, 5.74) is 0.672. The average Bonchev–Trinajstić information content (AvgIpc) is 3.02. The van der Waals surface area contributed by atoms with Crippen molar-refractivity contribution in [2.24, 2.45) is 0 Å². The van der Waals surface area contributed by atoms with Crippen molar-refractivity contribution in [3.05, 3.63) is 53.5 Å². The first kappa shape index (κ1) is 18.7. The van der Waals surface area contributed by atoms with Gasteiger partial charge in [-0.1, -0.05) is 12.1 Å². The first-order valence-electron chi connectivity index (χ1n) is 7.61. The molecule has 0 saturated heterocycles. The fourth-order valence-corrected chi connectivity index (χ4v) is 3.15. The molecule has 25 heavy (non-hydrogen) atoms. The number of furan rings is 1. The molecule has 0 aliphatic heterocycles. The van der Waals surface area contributed by atoms with Crippen LogP contribution in [0.2, 0.25) is 0 Å². The minimum Gasteiger partial charge on any atom is -0.475 e. The summed E-state index contributed by atoms with van der Waals surface area (Å²) in [5, 5.41) is 10.9. The molecule has 1 aromatic carbocycles. The van der Waals surface area contributed by atoms with Gasteiger partial charge in [0.15, 0.2) is 9.84 Å². The Kier molecular flexibility index (Phi) is 5.63. The van der Waals surface area contributed by atoms with Gasteiger partial charge in [-0.05, 0) is 43.7 Å². The van der Waals surface area contributed by atoms with Crippen LogP contribution in [0.1, 0.15) is 35.7 Å². The van der Waals surface area contributed by atoms with Crippen LogP contribution < -0.4 is 5.32 Å². The van der Waals surface area contributed by atoms with Crippen LogP contribution in [0.15, 0.2) is 45.7 Å². The summed E-state index contributed by atoms with van der Waals surface area (Å²) in [6.45, 7) is 3.30. The number of aromatic carboxylic acids is 1. The van der Waals surface area contributed by atoms with E-state index in [9.17, 15) is 18.0 Å². The number of benzene rings is 1. The number of amides is 1. The molecule has 7 nitrogen and oxygen atoms in total. The van der Waals surface area contributed by atoms with E-state index in [0.29, 0.717) is 11.3 Å². The van der Waals surface area contributed by atoms with Crippen LogP contribution in [0.4, 0.5) is 0 Å². The topological polar surface area (TPSA) is 114 Å². The van der Waals surface area contributed by atoms with Gasteiger partial charge in [-0.2, -0.15) is 0 Å². The van der Waals surface area contributed by atoms with Crippen molar-refractivity contribution in [3.63, 3.8) is 0 Å². The number of hydrogen-bond acceptors (Lipinski definition) is 5. The smallest absolute Gasteiger partial charge is 0.371 e. The maximum Gasteiger partial charge on any atom is 0.371 e. The third-order valence-electron chi connectivity index (χ3n) is 3.57. The summed E-state index contributed by atoms with van der Waals surface area (Å²) in [6, 6.07) is 8.98. The van der Waals surface area contributed by atoms with Crippen LogP contribution in [0.5, 0.6) is 0 Å². The van der Waals surface area contributed by atoms with Crippen LogP contribution in [-0.4, -0.2) is 30.7 Å². The molecule has 0 fully saturated rings. The second kappa shape index (κ2) is 7.52. The lowest BCUT2D eigenvalue weighted by molar-refractivity contribution is -0.120. The number of carboxylic acid groups (broad SMARTS) is 1. The first-order chi connectivity index (χ1) is 11.7. The third kappa shape index (κ3) is 4.69. The molecule has 1 amide bonds. The van der Waals surface area contributed by atoms with Crippen molar-refractivity contribution in [2.75, 3.05) is 0 Å². The van der Waals surface area contributed by atoms with Gasteiger partial charge in [-0.3, -0.25) is 4.79 Å². The molecule has 134 valence electrons. The molecule has 0 aliphatic rings. The van der Waals surface area contributed by atoms with E-state index >= 15 is 0 Å². The lowest BCUT2D eigenvalue weighted by atomic mass is 10.1. The van der Waals surface area contributed by atoms with Crippen molar-refractivity contribution in [2.45, 2.75) is 37.0 Å². The quantitative estimate of drug-likeness (QED) is 0.776. The number of sulfone groups is 1. The highest BCUT2D eigenvalue weighted by Crippen LogP contribution is 2.16. The number of carbonyl (C=O) groups is 2. The molecule has 0 unspecified atom stereocenters. The fraction of sp³-hybridized carbons (Fsp3) is 0.294. The van der Waals surface area contributed by atoms with Gasteiger partial charge < -0.3 is 14.8 Å². The fourth-order valence-electron chi connectivity index (χ4n) is 2.09. The molecule has 1 heterocycles. The second-order valence-corrected chi connectivity index (χ2v) is 8.27. The lowest BCUT2D eigenvalue weighted by Gasteiger charge is -2.08. The highest BCUT2D eigenvalue weighted by atomic mass is 32.2. The largest absolute Gasteiger partial charge is 0.475 e. The number of rotatable bonds is 7. The summed E-state index contributed by atoms with van der Waals surface area (Å²) in [7, 11) is -3.33. The Morgan fingerprint density at radius 3 is 2.28 bits per heavy atom. The van der Waals surface area contributed by atoms with Gasteiger partial charge in [0.05, 0.1) is 23.1 Å². The van der Waals surface area contributed by atoms with E-state index in [-0.39, 0.29) is 29.5 Å². The Hall–Kier alpha value is -2.61. The average molecular weight is 365 g/mol. The van der Waals surface area contributed by atoms with Crippen LogP contribution in [0.3, 0.4) is 0 Å². The molecule has 1 aromatic heterocycles. The van der Waals surface area contributed by atoms with E-state index in [1.807, 2.05) is 0 Å². The number of hydrogen-bond donors (Lipinski definition) is 2. The predicted octanol–water partition coefficient (Wildman–Crippen LogP) is 2.02. The Labute approximate surface area is 145 Å². The SMILES string of the molecule is CC(C)S(=O)(=O)c1ccc(CC(=O)NCc2ccc(C(=O)O)o2)cc1. The monoisotopic (exact) mass is 365 g/mol. The minimum atomic E-state index is -3.33. The van der Waals surface area contributed by atoms with Gasteiger partial charge >= 0.3 is 5.97 Å². The molecule has 2 aromatic rings. The minimum absolute atomic E-state index is 0.0753. The van der Waals surface area contributed by atoms with Crippen LogP contribution in [0.25, 0.3) is 0 Å². The van der Waals surface area contributed by atoms with Gasteiger partial charge in [0.25, 0.3) is 0 Å². The summed E-state index contributed by atoms with van der Waals surface area (Å²) in [5.74, 6) is -1.31. The van der Waals surface area contributed by atoms with Crippen molar-refractivity contribution in [3.8, 4) is 0 Å². The highest BCUT2D eigenvalue weighted by molar-refractivity contribution is 7.92. The number of nitrogens with one attached hydrogen (secondary N) is 1. The third-order valence-corrected chi connectivity index (χ3v) is 5.74. The van der Waals surface area contributed by atoms with Crippen molar-refractivity contribution < 1.29 is 27.5 Å². The summed E-state index contributed by atoms with van der Waals surface area (Å²) >= 11 is 0. The zero-order chi connectivity index (χ0) is 18.6. The van der Waals surface area contributed by atoms with E-state index in [1.54, 1.807) is 26.0 Å². The van der Waals surface area contributed by atoms with E-state index < -0.39 is 21.1 Å². The molecular formula is C17H19NO6S. The van der Waals surface area contributed by atoms with Crippen LogP contribution in [0, 0.1) is 0 Å². The molecule has 0 spiro atoms. The van der Waals surface area contributed by atoms with Gasteiger partial charge in [-0.15, -0.1) is 0 Å². The van der Waals surface area contributed by atoms with Gasteiger partial charge in [0.1, 0.15) is 5.76 Å². The van der Waals surface area contributed by atoms with Crippen molar-refractivity contribution in [1.82, 2.24) is 5.32 Å². The zero-order valence-corrected chi connectivity index (χ0v) is 14.7. The molecule has 2 N–H and O–H groups in total. The molecule has 8 heteroatoms. The first-order valence-corrected chi connectivity index (χ1v) is 9.16. The highest BCUT2D eigenvalue weighted by Gasteiger charge is 2.18. The van der Waals surface area contributed by atoms with E-state index in [1.165, 1.54) is 24.3 Å². The summed E-state index contributed by atoms with van der Waals surface area (Å²) < 4.78 is 29.1. The van der Waals surface area contributed by atoms with Crippen molar-refractivity contribution in [1.29, 1.82) is 0 Å². The molecule has 2 rings (SSSR count). The maximum atomic E-state index is 12.0. The number of carboxylic acids is 1. The van der Waals surface area contributed by atoms with Crippen molar-refractivity contribution >= 4 is 21.7 Å². The Balaban J connectivity index is 1.93. The second-order valence-electron chi connectivity index (χ2n) is 5.76. The Morgan fingerprint density at radius 1 is 1.12 bits per heavy atom. The Bertz CT molecular complexity index is 865. The summed E-state index contributed by atoms with van der Waals surface area (Å²) in [6.07, 6.45) is 0.0779. The molecule has 0 radical (unpaired) electrons. The van der Waals surface area contributed by atoms with E-state index in [0.717, 1.165) is 0 Å². The molecule has 0 bridgehead atoms. The molecule has 0 saturated carbocycles. The maximum absolute atomic E-state index is 12.0. The van der Waals surface area contributed by atoms with Crippen LogP contribution in [-0.2, 0) is 27.6 Å². The molecule has 0 atom stereocenters. The van der Waals surface area contributed by atoms with Gasteiger partial charge in [0, 0.05) is 0 Å². The zero-order valence-electron chi connectivity index (χ0n) is 13.9. The molecular weight excluding hydrogens is 346 g/mol. The van der Waals surface area contributed by atoms with E-state index in [2.05, 4.69) is 5.32 Å².